The van der Waals surface area contributed by atoms with Crippen LogP contribution in [0.25, 0.3) is 6.08 Å². The van der Waals surface area contributed by atoms with E-state index in [2.05, 4.69) is 4.74 Å². The summed E-state index contributed by atoms with van der Waals surface area (Å²) in [6.45, 7) is 0. The average molecular weight is 370 g/mol. The number of hydrogen-bond donors (Lipinski definition) is 5. The van der Waals surface area contributed by atoms with Crippen LogP contribution in [-0.4, -0.2) is 75.3 Å². The number of aliphatic hydroxyl groups is 3. The monoisotopic (exact) mass is 370 g/mol. The number of aliphatic hydroxyl groups excluding tert-OH is 3. The molecule has 2 rings (SSSR count). The van der Waals surface area contributed by atoms with Gasteiger partial charge in [-0.2, -0.15) is 0 Å². The molecule has 26 heavy (non-hydrogen) atoms. The van der Waals surface area contributed by atoms with Crippen molar-refractivity contribution in [2.45, 2.75) is 30.7 Å². The number of methoxy groups -OCH3 is 1. The summed E-state index contributed by atoms with van der Waals surface area (Å²) in [6.07, 6.45) is -6.46. The number of carboxylic acid groups (broad SMARTS) is 1. The van der Waals surface area contributed by atoms with Gasteiger partial charge in [0.2, 0.25) is 6.29 Å². The van der Waals surface area contributed by atoms with E-state index in [1.54, 1.807) is 0 Å². The largest absolute Gasteiger partial charge is 0.504 e. The number of ether oxygens (including phenoxy) is 3. The first-order chi connectivity index (χ1) is 12.2. The Kier molecular flexibility index (Phi) is 6.16. The van der Waals surface area contributed by atoms with Gasteiger partial charge in [-0.1, -0.05) is 6.07 Å². The van der Waals surface area contributed by atoms with Crippen LogP contribution in [0.1, 0.15) is 5.56 Å². The molecule has 10 nitrogen and oxygen atoms in total. The quantitative estimate of drug-likeness (QED) is 0.316. The summed E-state index contributed by atoms with van der Waals surface area (Å²) in [5, 5.41) is 48.2. The van der Waals surface area contributed by atoms with Gasteiger partial charge in [0, 0.05) is 6.08 Å². The van der Waals surface area contributed by atoms with Crippen LogP contribution in [0, 0.1) is 0 Å². The summed E-state index contributed by atoms with van der Waals surface area (Å²) in [6, 6.07) is 3.98. The van der Waals surface area contributed by atoms with Gasteiger partial charge in [0.15, 0.2) is 17.6 Å². The molecule has 1 aliphatic heterocycles. The number of aromatic hydroxyl groups is 1. The smallest absolute Gasteiger partial charge is 0.335 e. The molecule has 0 amide bonds. The van der Waals surface area contributed by atoms with Crippen molar-refractivity contribution in [3.8, 4) is 11.5 Å². The van der Waals surface area contributed by atoms with Gasteiger partial charge in [-0.3, -0.25) is 0 Å². The Bertz CT molecular complexity index is 700. The summed E-state index contributed by atoms with van der Waals surface area (Å²) in [4.78, 5) is 22.2. The molecule has 0 aliphatic carbocycles. The topological polar surface area (TPSA) is 163 Å². The average Bonchev–Trinajstić information content (AvgIpc) is 2.61. The Balaban J connectivity index is 2.22. The van der Waals surface area contributed by atoms with Crippen LogP contribution in [0.4, 0.5) is 0 Å². The van der Waals surface area contributed by atoms with E-state index in [-0.39, 0.29) is 11.5 Å². The molecule has 1 heterocycles. The number of aliphatic carboxylic acids is 1. The molecule has 10 heteroatoms. The molecule has 0 bridgehead atoms. The minimum Gasteiger partial charge on any atom is -0.504 e. The molecule has 0 spiro atoms. The maximum absolute atomic E-state index is 11.1. The molecule has 0 aromatic heterocycles. The lowest BCUT2D eigenvalue weighted by atomic mass is 9.99. The van der Waals surface area contributed by atoms with Gasteiger partial charge >= 0.3 is 11.9 Å². The molecule has 1 aliphatic rings. The second kappa shape index (κ2) is 8.15. The van der Waals surface area contributed by atoms with E-state index in [1.807, 2.05) is 0 Å². The summed E-state index contributed by atoms with van der Waals surface area (Å²) < 4.78 is 14.7. The highest BCUT2D eigenvalue weighted by atomic mass is 16.7. The van der Waals surface area contributed by atoms with Crippen LogP contribution >= 0.6 is 0 Å². The fourth-order valence-corrected chi connectivity index (χ4v) is 2.24. The summed E-state index contributed by atoms with van der Waals surface area (Å²) in [5.74, 6) is -2.72. The zero-order valence-corrected chi connectivity index (χ0v) is 13.6. The number of hydrogen-bond acceptors (Lipinski definition) is 9. The zero-order chi connectivity index (χ0) is 19.4. The number of carbonyl (C=O) groups is 2. The van der Waals surface area contributed by atoms with E-state index in [4.69, 9.17) is 14.6 Å². The highest BCUT2D eigenvalue weighted by Gasteiger charge is 2.48. The van der Waals surface area contributed by atoms with Gasteiger partial charge in [-0.25, -0.2) is 9.59 Å². The summed E-state index contributed by atoms with van der Waals surface area (Å²) >= 11 is 0. The number of esters is 1. The van der Waals surface area contributed by atoms with E-state index in [0.717, 1.165) is 6.08 Å². The van der Waals surface area contributed by atoms with Crippen LogP contribution in [0.3, 0.4) is 0 Å². The van der Waals surface area contributed by atoms with Gasteiger partial charge in [0.05, 0.1) is 7.11 Å². The lowest BCUT2D eigenvalue weighted by molar-refractivity contribution is -0.271. The van der Waals surface area contributed by atoms with Crippen molar-refractivity contribution in [3.63, 3.8) is 0 Å². The summed E-state index contributed by atoms with van der Waals surface area (Å²) in [7, 11) is 1.21. The molecular weight excluding hydrogens is 352 g/mol. The fourth-order valence-electron chi connectivity index (χ4n) is 2.24. The van der Waals surface area contributed by atoms with E-state index >= 15 is 0 Å². The van der Waals surface area contributed by atoms with E-state index in [1.165, 1.54) is 31.4 Å². The Labute approximate surface area is 147 Å². The molecule has 5 N–H and O–H groups in total. The molecular formula is C16H18O10. The summed E-state index contributed by atoms with van der Waals surface area (Å²) in [5.41, 5.74) is 0.420. The molecule has 0 saturated carbocycles. The van der Waals surface area contributed by atoms with Crippen molar-refractivity contribution < 1.29 is 49.3 Å². The predicted octanol–water partition coefficient (Wildman–Crippen LogP) is -1.15. The third-order valence-electron chi connectivity index (χ3n) is 3.65. The molecule has 1 fully saturated rings. The Morgan fingerprint density at radius 2 is 1.85 bits per heavy atom. The standard InChI is InChI=1S/C16H18O10/c1-24-10(18)5-3-7-2-4-8(17)9(6-7)25-16-13(21)11(19)12(20)14(26-16)15(22)23/h2-6,11-14,16-17,19-21H,1H3,(H,22,23)/b5-3+/t11-,12-,13+,14-,16+/m0/s1. The maximum Gasteiger partial charge on any atom is 0.335 e. The number of phenolic OH excluding ortho intramolecular Hbond substituents is 1. The van der Waals surface area contributed by atoms with Crippen molar-refractivity contribution in [1.29, 1.82) is 0 Å². The molecule has 0 unspecified atom stereocenters. The first-order valence-corrected chi connectivity index (χ1v) is 7.42. The highest BCUT2D eigenvalue weighted by Crippen LogP contribution is 2.31. The van der Waals surface area contributed by atoms with Gasteiger partial charge in [0.1, 0.15) is 18.3 Å². The Morgan fingerprint density at radius 1 is 1.15 bits per heavy atom. The Hall–Kier alpha value is -2.66. The molecule has 5 atom stereocenters. The molecule has 0 radical (unpaired) electrons. The van der Waals surface area contributed by atoms with Crippen molar-refractivity contribution in [2.24, 2.45) is 0 Å². The third-order valence-corrected chi connectivity index (χ3v) is 3.65. The van der Waals surface area contributed by atoms with Crippen molar-refractivity contribution in [1.82, 2.24) is 0 Å². The van der Waals surface area contributed by atoms with Crippen LogP contribution in [0.2, 0.25) is 0 Å². The number of carbonyl (C=O) groups excluding carboxylic acids is 1. The van der Waals surface area contributed by atoms with Gasteiger partial charge in [-0.15, -0.1) is 0 Å². The second-order valence-electron chi connectivity index (χ2n) is 5.44. The van der Waals surface area contributed by atoms with Crippen molar-refractivity contribution in [3.05, 3.63) is 29.8 Å². The zero-order valence-electron chi connectivity index (χ0n) is 13.6. The number of phenols is 1. The molecule has 1 aromatic carbocycles. The van der Waals surface area contributed by atoms with Crippen LogP contribution in [0.5, 0.6) is 11.5 Å². The van der Waals surface area contributed by atoms with Crippen LogP contribution < -0.4 is 4.74 Å². The predicted molar refractivity (Wildman–Crippen MR) is 84.1 cm³/mol. The first-order valence-electron chi connectivity index (χ1n) is 7.42. The Morgan fingerprint density at radius 3 is 2.46 bits per heavy atom. The SMILES string of the molecule is COC(=O)/C=C/c1ccc(O)c(O[C@@H]2O[C@H](C(=O)O)[C@@H](O)[C@H](O)[C@H]2O)c1. The normalized spacial score (nSPS) is 28.7. The molecule has 1 aromatic rings. The number of rotatable bonds is 5. The van der Waals surface area contributed by atoms with E-state index in [0.29, 0.717) is 5.56 Å². The number of carboxylic acids is 1. The second-order valence-corrected chi connectivity index (χ2v) is 5.44. The van der Waals surface area contributed by atoms with Gasteiger partial charge in [-0.05, 0) is 23.8 Å². The number of benzene rings is 1. The van der Waals surface area contributed by atoms with E-state index in [9.17, 15) is 30.0 Å². The minimum atomic E-state index is -1.86. The lowest BCUT2D eigenvalue weighted by Crippen LogP contribution is -2.61. The molecule has 142 valence electrons. The molecule has 1 saturated heterocycles. The van der Waals surface area contributed by atoms with E-state index < -0.39 is 42.6 Å². The third kappa shape index (κ3) is 4.29. The lowest BCUT2D eigenvalue weighted by Gasteiger charge is -2.38. The highest BCUT2D eigenvalue weighted by molar-refractivity contribution is 5.87. The van der Waals surface area contributed by atoms with Crippen molar-refractivity contribution in [2.75, 3.05) is 7.11 Å². The first kappa shape index (κ1) is 19.7. The maximum atomic E-state index is 11.1. The van der Waals surface area contributed by atoms with Gasteiger partial charge < -0.3 is 39.7 Å². The van der Waals surface area contributed by atoms with Crippen LogP contribution in [-0.2, 0) is 19.1 Å². The van der Waals surface area contributed by atoms with Crippen molar-refractivity contribution >= 4 is 18.0 Å². The van der Waals surface area contributed by atoms with Crippen LogP contribution in [0.15, 0.2) is 24.3 Å². The minimum absolute atomic E-state index is 0.200. The van der Waals surface area contributed by atoms with Gasteiger partial charge in [0.25, 0.3) is 0 Å². The fraction of sp³-hybridized carbons (Fsp3) is 0.375.